The summed E-state index contributed by atoms with van der Waals surface area (Å²) in [6, 6.07) is 8.21. The molecule has 0 aliphatic carbocycles. The second-order valence-electron chi connectivity index (χ2n) is 8.13. The van der Waals surface area contributed by atoms with Gasteiger partial charge in [-0.15, -0.1) is 5.10 Å². The minimum Gasteiger partial charge on any atom is -0.494 e. The van der Waals surface area contributed by atoms with Crippen molar-refractivity contribution in [1.29, 1.82) is 0 Å². The van der Waals surface area contributed by atoms with Crippen LogP contribution < -0.4 is 15.4 Å². The highest BCUT2D eigenvalue weighted by atomic mass is 16.5. The van der Waals surface area contributed by atoms with Crippen molar-refractivity contribution in [3.63, 3.8) is 0 Å². The maximum absolute atomic E-state index is 5.62. The topological polar surface area (TPSA) is 81.3 Å². The van der Waals surface area contributed by atoms with E-state index in [1.165, 1.54) is 11.1 Å². The average Bonchev–Trinajstić information content (AvgIpc) is 3.39. The molecule has 3 aromatic heterocycles. The molecule has 0 radical (unpaired) electrons. The number of methoxy groups -OCH3 is 1. The number of benzene rings is 1. The van der Waals surface area contributed by atoms with Gasteiger partial charge in [0, 0.05) is 29.7 Å². The molecule has 0 amide bonds. The van der Waals surface area contributed by atoms with Gasteiger partial charge in [0.2, 0.25) is 5.95 Å². The first-order chi connectivity index (χ1) is 15.1. The van der Waals surface area contributed by atoms with Gasteiger partial charge in [0.1, 0.15) is 5.75 Å². The Morgan fingerprint density at radius 3 is 2.71 bits per heavy atom. The molecule has 31 heavy (non-hydrogen) atoms. The number of anilines is 2. The fourth-order valence-corrected chi connectivity index (χ4v) is 4.29. The lowest BCUT2D eigenvalue weighted by Crippen LogP contribution is -2.27. The minimum absolute atomic E-state index is 0.513. The van der Waals surface area contributed by atoms with E-state index in [1.54, 1.807) is 13.4 Å². The number of pyridine rings is 1. The largest absolute Gasteiger partial charge is 0.494 e. The van der Waals surface area contributed by atoms with Gasteiger partial charge in [-0.2, -0.15) is 4.98 Å². The molecule has 4 heterocycles. The molecule has 4 aromatic rings. The quantitative estimate of drug-likeness (QED) is 0.515. The molecule has 1 aliphatic heterocycles. The first-order valence-corrected chi connectivity index (χ1v) is 10.6. The summed E-state index contributed by atoms with van der Waals surface area (Å²) in [5.41, 5.74) is 6.16. The van der Waals surface area contributed by atoms with Crippen LogP contribution in [0.25, 0.3) is 11.3 Å². The van der Waals surface area contributed by atoms with Crippen molar-refractivity contribution in [2.45, 2.75) is 32.6 Å². The van der Waals surface area contributed by atoms with Crippen molar-refractivity contribution in [2.24, 2.45) is 0 Å². The number of imidazole rings is 1. The van der Waals surface area contributed by atoms with E-state index in [1.807, 2.05) is 46.6 Å². The van der Waals surface area contributed by atoms with Gasteiger partial charge in [-0.25, -0.2) is 9.50 Å². The highest BCUT2D eigenvalue weighted by molar-refractivity contribution is 5.63. The molecular weight excluding hydrogens is 390 g/mol. The second-order valence-corrected chi connectivity index (χ2v) is 8.13. The number of ether oxygens (including phenoxy) is 1. The third-order valence-corrected chi connectivity index (χ3v) is 5.80. The van der Waals surface area contributed by atoms with Crippen molar-refractivity contribution in [1.82, 2.24) is 29.5 Å². The van der Waals surface area contributed by atoms with Crippen molar-refractivity contribution in [3.8, 4) is 11.4 Å². The van der Waals surface area contributed by atoms with Crippen LogP contribution >= 0.6 is 0 Å². The molecule has 8 heteroatoms. The standard InChI is InChI=1S/C23H27N7O/c1-15-10-19(17-6-8-24-9-7-17)22-27-23(28-30(22)12-15)26-18-4-5-20(21(11-18)31-3)29-13-16(2)25-14-29/h4-5,10-14,17,24H,6-9H2,1-3H3,(H,26,28). The molecule has 1 fully saturated rings. The van der Waals surface area contributed by atoms with Crippen LogP contribution in [0.5, 0.6) is 5.75 Å². The van der Waals surface area contributed by atoms with Crippen LogP contribution in [-0.2, 0) is 0 Å². The number of fused-ring (bicyclic) bond motifs is 1. The Morgan fingerprint density at radius 2 is 1.97 bits per heavy atom. The number of piperidine rings is 1. The summed E-state index contributed by atoms with van der Waals surface area (Å²) in [5.74, 6) is 1.84. The molecular formula is C23H27N7O. The fourth-order valence-electron chi connectivity index (χ4n) is 4.29. The lowest BCUT2D eigenvalue weighted by atomic mass is 9.90. The third-order valence-electron chi connectivity index (χ3n) is 5.80. The van der Waals surface area contributed by atoms with Crippen LogP contribution in [0.15, 0.2) is 43.0 Å². The van der Waals surface area contributed by atoms with Crippen molar-refractivity contribution >= 4 is 17.3 Å². The SMILES string of the molecule is COc1cc(Nc2nc3c(C4CCNCC4)cc(C)cn3n2)ccc1-n1cnc(C)c1. The van der Waals surface area contributed by atoms with Gasteiger partial charge in [0.25, 0.3) is 0 Å². The first-order valence-electron chi connectivity index (χ1n) is 10.6. The first kappa shape index (κ1) is 19.6. The lowest BCUT2D eigenvalue weighted by Gasteiger charge is -2.23. The summed E-state index contributed by atoms with van der Waals surface area (Å²) < 4.78 is 9.47. The number of nitrogens with one attached hydrogen (secondary N) is 2. The Labute approximate surface area is 181 Å². The van der Waals surface area contributed by atoms with E-state index in [2.05, 4.69) is 33.7 Å². The van der Waals surface area contributed by atoms with E-state index in [-0.39, 0.29) is 0 Å². The minimum atomic E-state index is 0.513. The predicted octanol–water partition coefficient (Wildman–Crippen LogP) is 3.75. The number of rotatable bonds is 5. The molecule has 2 N–H and O–H groups in total. The van der Waals surface area contributed by atoms with Crippen LogP contribution in [0, 0.1) is 13.8 Å². The summed E-state index contributed by atoms with van der Waals surface area (Å²) >= 11 is 0. The maximum atomic E-state index is 5.62. The van der Waals surface area contributed by atoms with Crippen LogP contribution in [0.2, 0.25) is 0 Å². The highest BCUT2D eigenvalue weighted by Crippen LogP contribution is 2.31. The van der Waals surface area contributed by atoms with Gasteiger partial charge < -0.3 is 19.9 Å². The number of hydrogen-bond acceptors (Lipinski definition) is 6. The Hall–Kier alpha value is -3.39. The predicted molar refractivity (Wildman–Crippen MR) is 121 cm³/mol. The molecule has 1 saturated heterocycles. The highest BCUT2D eigenvalue weighted by Gasteiger charge is 2.20. The van der Waals surface area contributed by atoms with Crippen LogP contribution in [0.3, 0.4) is 0 Å². The fraction of sp³-hybridized carbons (Fsp3) is 0.348. The zero-order valence-corrected chi connectivity index (χ0v) is 18.1. The van der Waals surface area contributed by atoms with E-state index in [0.29, 0.717) is 11.9 Å². The van der Waals surface area contributed by atoms with E-state index >= 15 is 0 Å². The van der Waals surface area contributed by atoms with Gasteiger partial charge >= 0.3 is 0 Å². The molecule has 0 atom stereocenters. The van der Waals surface area contributed by atoms with Gasteiger partial charge in [-0.1, -0.05) is 6.07 Å². The summed E-state index contributed by atoms with van der Waals surface area (Å²) in [4.78, 5) is 9.13. The Bertz CT molecular complexity index is 1220. The number of aromatic nitrogens is 5. The van der Waals surface area contributed by atoms with E-state index < -0.39 is 0 Å². The second kappa shape index (κ2) is 8.03. The van der Waals surface area contributed by atoms with Crippen LogP contribution in [-0.4, -0.2) is 44.3 Å². The van der Waals surface area contributed by atoms with Gasteiger partial charge in [0.15, 0.2) is 5.65 Å². The summed E-state index contributed by atoms with van der Waals surface area (Å²) in [6.07, 6.45) is 8.04. The molecule has 0 spiro atoms. The van der Waals surface area contributed by atoms with Gasteiger partial charge in [-0.3, -0.25) is 0 Å². The van der Waals surface area contributed by atoms with Crippen LogP contribution in [0.1, 0.15) is 35.6 Å². The van der Waals surface area contributed by atoms with E-state index in [9.17, 15) is 0 Å². The van der Waals surface area contributed by atoms with Crippen molar-refractivity contribution in [3.05, 3.63) is 59.8 Å². The number of hydrogen-bond donors (Lipinski definition) is 2. The van der Waals surface area contributed by atoms with Crippen LogP contribution in [0.4, 0.5) is 11.6 Å². The summed E-state index contributed by atoms with van der Waals surface area (Å²) in [6.45, 7) is 6.17. The summed E-state index contributed by atoms with van der Waals surface area (Å²) in [5, 5.41) is 11.5. The van der Waals surface area contributed by atoms with Crippen molar-refractivity contribution in [2.75, 3.05) is 25.5 Å². The van der Waals surface area contributed by atoms with Gasteiger partial charge in [-0.05, 0) is 63.4 Å². The lowest BCUT2D eigenvalue weighted by molar-refractivity contribution is 0.413. The Morgan fingerprint density at radius 1 is 1.13 bits per heavy atom. The molecule has 160 valence electrons. The molecule has 1 aromatic carbocycles. The smallest absolute Gasteiger partial charge is 0.247 e. The number of nitrogens with zero attached hydrogens (tertiary/aromatic N) is 5. The van der Waals surface area contributed by atoms with Gasteiger partial charge in [0.05, 0.1) is 24.8 Å². The molecule has 8 nitrogen and oxygen atoms in total. The molecule has 5 rings (SSSR count). The molecule has 1 aliphatic rings. The van der Waals surface area contributed by atoms with E-state index in [0.717, 1.165) is 54.4 Å². The third kappa shape index (κ3) is 3.86. The number of aryl methyl sites for hydroxylation is 2. The summed E-state index contributed by atoms with van der Waals surface area (Å²) in [7, 11) is 1.67. The molecule has 0 saturated carbocycles. The zero-order valence-electron chi connectivity index (χ0n) is 18.1. The monoisotopic (exact) mass is 417 g/mol. The Balaban J connectivity index is 1.46. The average molecular weight is 418 g/mol. The molecule has 0 bridgehead atoms. The zero-order chi connectivity index (χ0) is 21.4. The van der Waals surface area contributed by atoms with Crippen molar-refractivity contribution < 1.29 is 4.74 Å². The molecule has 0 unspecified atom stereocenters. The normalized spacial score (nSPS) is 14.8. The Kier molecular flexibility index (Phi) is 5.07. The van der Waals surface area contributed by atoms with E-state index in [4.69, 9.17) is 9.72 Å². The maximum Gasteiger partial charge on any atom is 0.247 e.